The summed E-state index contributed by atoms with van der Waals surface area (Å²) < 4.78 is 9.59. The van der Waals surface area contributed by atoms with E-state index in [2.05, 4.69) is 202 Å². The topological polar surface area (TPSA) is 21.3 Å². The van der Waals surface area contributed by atoms with Gasteiger partial charge in [-0.2, -0.15) is 0 Å². The Bertz CT molecular complexity index is 3470. The van der Waals surface area contributed by atoms with Gasteiger partial charge in [0.15, 0.2) is 5.71 Å². The first-order valence-corrected chi connectivity index (χ1v) is 21.0. The molecule has 2 aliphatic heterocycles. The summed E-state index contributed by atoms with van der Waals surface area (Å²) in [5.41, 5.74) is 20.9. The molecule has 0 amide bonds. The lowest BCUT2D eigenvalue weighted by molar-refractivity contribution is 0.590. The van der Waals surface area contributed by atoms with Gasteiger partial charge in [0.05, 0.1) is 16.8 Å². The molecule has 3 nitrogen and oxygen atoms in total. The molecule has 3 aliphatic rings. The van der Waals surface area contributed by atoms with E-state index in [-0.39, 0.29) is 17.7 Å². The molecule has 8 aromatic carbocycles. The highest BCUT2D eigenvalue weighted by Gasteiger charge is 2.48. The fourth-order valence-corrected chi connectivity index (χ4v) is 11.2. The van der Waals surface area contributed by atoms with Crippen LogP contribution in [0.5, 0.6) is 0 Å². The van der Waals surface area contributed by atoms with E-state index >= 15 is 0 Å². The van der Waals surface area contributed by atoms with Gasteiger partial charge in [0.1, 0.15) is 5.58 Å². The highest BCUT2D eigenvalue weighted by molar-refractivity contribution is 6.90. The number of benzene rings is 8. The van der Waals surface area contributed by atoms with E-state index in [1.807, 2.05) is 0 Å². The predicted molar refractivity (Wildman–Crippen MR) is 249 cm³/mol. The van der Waals surface area contributed by atoms with Crippen LogP contribution in [-0.4, -0.2) is 11.3 Å². The Kier molecular flexibility index (Phi) is 6.33. The van der Waals surface area contributed by atoms with Gasteiger partial charge in [-0.05, 0) is 84.8 Å². The van der Waals surface area contributed by atoms with Gasteiger partial charge in [-0.25, -0.2) is 0 Å². The number of aromatic nitrogens is 1. The molecule has 0 saturated carbocycles. The molecule has 4 heterocycles. The lowest BCUT2D eigenvalue weighted by Gasteiger charge is -2.42. The molecule has 10 aromatic rings. The number of furan rings is 1. The Morgan fingerprint density at radius 3 is 2.15 bits per heavy atom. The lowest BCUT2D eigenvalue weighted by Crippen LogP contribution is -2.57. The van der Waals surface area contributed by atoms with Crippen LogP contribution in [0.4, 0.5) is 17.1 Å². The van der Waals surface area contributed by atoms with Gasteiger partial charge in [0, 0.05) is 44.1 Å². The maximum absolute atomic E-state index is 7.03. The molecular weight excluding hydrogens is 715 g/mol. The predicted octanol–water partition coefficient (Wildman–Crippen LogP) is 13.4. The summed E-state index contributed by atoms with van der Waals surface area (Å²) in [5, 5.41) is 6.11. The maximum Gasteiger partial charge on any atom is 0.336 e. The van der Waals surface area contributed by atoms with Crippen molar-refractivity contribution in [2.75, 3.05) is 4.90 Å². The first-order chi connectivity index (χ1) is 28.7. The van der Waals surface area contributed by atoms with Crippen molar-refractivity contribution in [3.8, 4) is 33.4 Å². The average molecular weight is 757 g/mol. The molecule has 4 heteroatoms. The van der Waals surface area contributed by atoms with Gasteiger partial charge < -0.3 is 13.8 Å². The minimum absolute atomic E-state index is 0.0270. The Labute approximate surface area is 344 Å². The quantitative estimate of drug-likeness (QED) is 0.164. The molecular formula is C55H41BN2O. The smallest absolute Gasteiger partial charge is 0.336 e. The van der Waals surface area contributed by atoms with E-state index in [1.165, 1.54) is 105 Å². The second-order valence-corrected chi connectivity index (χ2v) is 18.4. The van der Waals surface area contributed by atoms with Crippen LogP contribution in [0.15, 0.2) is 162 Å². The third-order valence-electron chi connectivity index (χ3n) is 13.9. The monoisotopic (exact) mass is 756 g/mol. The molecule has 13 rings (SSSR count). The van der Waals surface area contributed by atoms with Crippen LogP contribution in [0.2, 0.25) is 0 Å². The van der Waals surface area contributed by atoms with Crippen LogP contribution in [0.1, 0.15) is 51.3 Å². The summed E-state index contributed by atoms with van der Waals surface area (Å²) in [6.45, 7) is 11.6. The first-order valence-electron chi connectivity index (χ1n) is 21.0. The Morgan fingerprint density at radius 1 is 0.576 bits per heavy atom. The minimum Gasteiger partial charge on any atom is -0.441 e. The number of hydrogen-bond donors (Lipinski definition) is 0. The molecule has 0 saturated heterocycles. The zero-order valence-corrected chi connectivity index (χ0v) is 33.9. The molecule has 0 spiro atoms. The molecule has 0 radical (unpaired) electrons. The SMILES string of the molecule is CC(C)(C)c1ccc(N2c3cc4ccccc4c4c3B(c3ccc5c(c32)-c2ccccc2C5(C)C)n2c3oc5ccccc5c3c3cccc-4c32)c(-c2ccccc2)c1. The van der Waals surface area contributed by atoms with E-state index < -0.39 is 0 Å². The van der Waals surface area contributed by atoms with Crippen LogP contribution in [0.25, 0.3) is 77.1 Å². The van der Waals surface area contributed by atoms with Crippen LogP contribution in [0, 0.1) is 0 Å². The van der Waals surface area contributed by atoms with Gasteiger partial charge >= 0.3 is 6.85 Å². The van der Waals surface area contributed by atoms with Crippen molar-refractivity contribution in [2.45, 2.75) is 45.4 Å². The number of hydrogen-bond acceptors (Lipinski definition) is 2. The fraction of sp³-hybridized carbons (Fsp3) is 0.127. The van der Waals surface area contributed by atoms with Crippen molar-refractivity contribution < 1.29 is 4.42 Å². The van der Waals surface area contributed by atoms with E-state index in [0.29, 0.717) is 0 Å². The van der Waals surface area contributed by atoms with Gasteiger partial charge in [0.2, 0.25) is 0 Å². The second-order valence-electron chi connectivity index (χ2n) is 18.4. The fourth-order valence-electron chi connectivity index (χ4n) is 11.2. The van der Waals surface area contributed by atoms with E-state index in [9.17, 15) is 0 Å². The standard InChI is InChI=1S/C55H41BN2O/c1-54(2,3)34-26-29-44(40(31-34)32-16-7-6-8-17-32)57-45-30-33-18-9-10-19-35(33)47-38-22-15-23-39-48-37-21-12-14-25-46(37)59-53(48)58(51(38)39)56(50(45)47)43-28-27-42-49(52(43)57)36-20-11-13-24-41(36)55(42,4)5/h6-31H,1-5H3. The maximum atomic E-state index is 7.03. The van der Waals surface area contributed by atoms with E-state index in [4.69, 9.17) is 4.42 Å². The van der Waals surface area contributed by atoms with Crippen molar-refractivity contribution in [1.82, 2.24) is 4.48 Å². The summed E-state index contributed by atoms with van der Waals surface area (Å²) in [5.74, 6) is 0. The normalized spacial score (nSPS) is 14.6. The number of fused-ring (bicyclic) bond motifs is 15. The highest BCUT2D eigenvalue weighted by Crippen LogP contribution is 2.57. The van der Waals surface area contributed by atoms with Crippen LogP contribution >= 0.6 is 0 Å². The van der Waals surface area contributed by atoms with Crippen molar-refractivity contribution in [3.05, 3.63) is 174 Å². The van der Waals surface area contributed by atoms with Gasteiger partial charge in [-0.15, -0.1) is 0 Å². The van der Waals surface area contributed by atoms with Gasteiger partial charge in [-0.3, -0.25) is 0 Å². The molecule has 0 atom stereocenters. The molecule has 0 bridgehead atoms. The van der Waals surface area contributed by atoms with Crippen LogP contribution in [0.3, 0.4) is 0 Å². The number of anilines is 3. The van der Waals surface area contributed by atoms with Crippen LogP contribution < -0.4 is 15.8 Å². The summed E-state index contributed by atoms with van der Waals surface area (Å²) in [6.07, 6.45) is 0. The highest BCUT2D eigenvalue weighted by atomic mass is 16.3. The molecule has 59 heavy (non-hydrogen) atoms. The molecule has 0 N–H and O–H groups in total. The number of nitrogens with zero attached hydrogens (tertiary/aromatic N) is 2. The third-order valence-corrected chi connectivity index (χ3v) is 13.9. The number of rotatable bonds is 2. The zero-order chi connectivity index (χ0) is 39.5. The summed E-state index contributed by atoms with van der Waals surface area (Å²) >= 11 is 0. The third kappa shape index (κ3) is 4.18. The van der Waals surface area contributed by atoms with E-state index in [1.54, 1.807) is 0 Å². The Morgan fingerprint density at radius 2 is 1.31 bits per heavy atom. The van der Waals surface area contributed by atoms with Crippen LogP contribution in [-0.2, 0) is 10.8 Å². The molecule has 1 aliphatic carbocycles. The lowest BCUT2D eigenvalue weighted by atomic mass is 9.44. The van der Waals surface area contributed by atoms with Crippen molar-refractivity contribution in [1.29, 1.82) is 0 Å². The molecule has 2 aromatic heterocycles. The Hall–Kier alpha value is -6.78. The molecule has 0 unspecified atom stereocenters. The molecule has 280 valence electrons. The van der Waals surface area contributed by atoms with Crippen molar-refractivity contribution in [2.24, 2.45) is 0 Å². The zero-order valence-electron chi connectivity index (χ0n) is 33.9. The largest absolute Gasteiger partial charge is 0.441 e. The summed E-state index contributed by atoms with van der Waals surface area (Å²) in [6, 6.07) is 59.2. The summed E-state index contributed by atoms with van der Waals surface area (Å²) in [4.78, 5) is 2.66. The molecule has 0 fully saturated rings. The van der Waals surface area contributed by atoms with Gasteiger partial charge in [0.25, 0.3) is 0 Å². The van der Waals surface area contributed by atoms with Crippen molar-refractivity contribution >= 4 is 78.6 Å². The first kappa shape index (κ1) is 33.2. The van der Waals surface area contributed by atoms with E-state index in [0.717, 1.165) is 16.7 Å². The Balaban J connectivity index is 1.25. The van der Waals surface area contributed by atoms with Gasteiger partial charge in [-0.1, -0.05) is 168 Å². The number of para-hydroxylation sites is 2. The minimum atomic E-state index is -0.175. The van der Waals surface area contributed by atoms with Crippen molar-refractivity contribution in [3.63, 3.8) is 0 Å². The second kappa shape index (κ2) is 11.2. The summed E-state index contributed by atoms with van der Waals surface area (Å²) in [7, 11) is 0. The average Bonchev–Trinajstić information content (AvgIpc) is 3.87.